The van der Waals surface area contributed by atoms with Crippen molar-refractivity contribution in [3.05, 3.63) is 30.8 Å². The molecule has 2 rings (SSSR count). The highest BCUT2D eigenvalue weighted by molar-refractivity contribution is 9.11. The number of thiophene rings is 1. The minimum atomic E-state index is 0.830. The molecule has 0 aromatic carbocycles. The molecule has 0 saturated heterocycles. The molecule has 0 spiro atoms. The topological polar surface area (TPSA) is 24.9 Å². The molecule has 0 aliphatic carbocycles. The Kier molecular flexibility index (Phi) is 3.59. The van der Waals surface area contributed by atoms with Gasteiger partial charge in [0.25, 0.3) is 0 Å². The SMILES string of the molecule is Brc1csc(NCc2ccc(Br)s2)n1. The maximum atomic E-state index is 4.25. The van der Waals surface area contributed by atoms with E-state index < -0.39 is 0 Å². The van der Waals surface area contributed by atoms with Crippen LogP contribution in [0.3, 0.4) is 0 Å². The Morgan fingerprint density at radius 3 is 2.79 bits per heavy atom. The summed E-state index contributed by atoms with van der Waals surface area (Å²) in [5, 5.41) is 6.17. The van der Waals surface area contributed by atoms with Gasteiger partial charge in [0.1, 0.15) is 4.60 Å². The Hall–Kier alpha value is 0.0900. The molecule has 0 saturated carbocycles. The van der Waals surface area contributed by atoms with Crippen molar-refractivity contribution in [1.82, 2.24) is 4.98 Å². The van der Waals surface area contributed by atoms with E-state index in [1.54, 1.807) is 22.7 Å². The van der Waals surface area contributed by atoms with E-state index in [-0.39, 0.29) is 0 Å². The van der Waals surface area contributed by atoms with Gasteiger partial charge in [-0.05, 0) is 44.0 Å². The van der Waals surface area contributed by atoms with Crippen LogP contribution in [0.15, 0.2) is 25.9 Å². The average molecular weight is 354 g/mol. The summed E-state index contributed by atoms with van der Waals surface area (Å²) in [7, 11) is 0. The summed E-state index contributed by atoms with van der Waals surface area (Å²) in [6, 6.07) is 4.16. The predicted octanol–water partition coefficient (Wildman–Crippen LogP) is 4.34. The lowest BCUT2D eigenvalue weighted by Crippen LogP contribution is -1.95. The van der Waals surface area contributed by atoms with Crippen molar-refractivity contribution in [2.45, 2.75) is 6.54 Å². The lowest BCUT2D eigenvalue weighted by Gasteiger charge is -1.98. The average Bonchev–Trinajstić information content (AvgIpc) is 2.72. The van der Waals surface area contributed by atoms with Gasteiger partial charge >= 0.3 is 0 Å². The number of thiazole rings is 1. The third kappa shape index (κ3) is 2.79. The normalized spacial score (nSPS) is 10.4. The van der Waals surface area contributed by atoms with E-state index in [0.29, 0.717) is 0 Å². The fraction of sp³-hybridized carbons (Fsp3) is 0.125. The van der Waals surface area contributed by atoms with Crippen LogP contribution in [0.25, 0.3) is 0 Å². The van der Waals surface area contributed by atoms with Crippen molar-refractivity contribution in [3.63, 3.8) is 0 Å². The second-order valence-electron chi connectivity index (χ2n) is 2.53. The van der Waals surface area contributed by atoms with E-state index in [1.165, 1.54) is 4.88 Å². The van der Waals surface area contributed by atoms with Gasteiger partial charge in [-0.1, -0.05) is 0 Å². The minimum Gasteiger partial charge on any atom is -0.357 e. The number of rotatable bonds is 3. The number of anilines is 1. The number of nitrogens with one attached hydrogen (secondary N) is 1. The van der Waals surface area contributed by atoms with Crippen LogP contribution in [0.2, 0.25) is 0 Å². The largest absolute Gasteiger partial charge is 0.357 e. The Labute approximate surface area is 107 Å². The molecule has 74 valence electrons. The molecule has 0 radical (unpaired) electrons. The molecule has 2 nitrogen and oxygen atoms in total. The lowest BCUT2D eigenvalue weighted by atomic mass is 10.5. The van der Waals surface area contributed by atoms with Crippen LogP contribution in [-0.4, -0.2) is 4.98 Å². The molecular formula is C8H6Br2N2S2. The number of hydrogen-bond acceptors (Lipinski definition) is 4. The first-order valence-corrected chi connectivity index (χ1v) is 7.11. The zero-order chi connectivity index (χ0) is 9.97. The molecule has 0 atom stereocenters. The van der Waals surface area contributed by atoms with Crippen LogP contribution < -0.4 is 5.32 Å². The Balaban J connectivity index is 1.94. The minimum absolute atomic E-state index is 0.830. The van der Waals surface area contributed by atoms with Crippen molar-refractivity contribution >= 4 is 59.7 Å². The van der Waals surface area contributed by atoms with Gasteiger partial charge in [0.2, 0.25) is 0 Å². The van der Waals surface area contributed by atoms with E-state index in [4.69, 9.17) is 0 Å². The summed E-state index contributed by atoms with van der Waals surface area (Å²) in [4.78, 5) is 5.54. The van der Waals surface area contributed by atoms with Gasteiger partial charge in [-0.2, -0.15) is 0 Å². The van der Waals surface area contributed by atoms with Gasteiger partial charge in [-0.15, -0.1) is 22.7 Å². The molecule has 6 heteroatoms. The first kappa shape index (κ1) is 10.6. The Bertz CT molecular complexity index is 384. The van der Waals surface area contributed by atoms with Crippen molar-refractivity contribution in [2.24, 2.45) is 0 Å². The highest BCUT2D eigenvalue weighted by Gasteiger charge is 2.00. The number of hydrogen-bond donors (Lipinski definition) is 1. The summed E-state index contributed by atoms with van der Waals surface area (Å²) in [5.74, 6) is 0. The first-order valence-electron chi connectivity index (χ1n) is 3.83. The molecule has 2 aromatic rings. The molecule has 2 heterocycles. The van der Waals surface area contributed by atoms with Gasteiger partial charge in [0.15, 0.2) is 5.13 Å². The molecular weight excluding hydrogens is 348 g/mol. The van der Waals surface area contributed by atoms with Crippen LogP contribution in [0.4, 0.5) is 5.13 Å². The molecule has 2 aromatic heterocycles. The third-order valence-corrected chi connectivity index (χ3v) is 4.65. The van der Waals surface area contributed by atoms with Crippen LogP contribution in [0.1, 0.15) is 4.88 Å². The smallest absolute Gasteiger partial charge is 0.184 e. The standard InChI is InChI=1S/C8H6Br2N2S2/c9-6-4-13-8(12-6)11-3-5-1-2-7(10)14-5/h1-2,4H,3H2,(H,11,12). The van der Waals surface area contributed by atoms with Gasteiger partial charge in [0, 0.05) is 10.3 Å². The summed E-state index contributed by atoms with van der Waals surface area (Å²) in [6.45, 7) is 0.830. The monoisotopic (exact) mass is 352 g/mol. The zero-order valence-corrected chi connectivity index (χ0v) is 11.8. The van der Waals surface area contributed by atoms with Crippen LogP contribution >= 0.6 is 54.5 Å². The molecule has 0 unspecified atom stereocenters. The highest BCUT2D eigenvalue weighted by atomic mass is 79.9. The fourth-order valence-electron chi connectivity index (χ4n) is 0.945. The molecule has 1 N–H and O–H groups in total. The van der Waals surface area contributed by atoms with Crippen molar-refractivity contribution in [3.8, 4) is 0 Å². The van der Waals surface area contributed by atoms with Crippen LogP contribution in [-0.2, 0) is 6.54 Å². The number of aromatic nitrogens is 1. The summed E-state index contributed by atoms with van der Waals surface area (Å²) >= 11 is 10.1. The third-order valence-electron chi connectivity index (χ3n) is 1.52. The van der Waals surface area contributed by atoms with Crippen LogP contribution in [0, 0.1) is 0 Å². The molecule has 0 amide bonds. The summed E-state index contributed by atoms with van der Waals surface area (Å²) < 4.78 is 2.05. The molecule has 14 heavy (non-hydrogen) atoms. The molecule has 0 aliphatic rings. The van der Waals surface area contributed by atoms with Crippen LogP contribution in [0.5, 0.6) is 0 Å². The molecule has 0 aliphatic heterocycles. The molecule has 0 fully saturated rings. The van der Waals surface area contributed by atoms with Gasteiger partial charge in [-0.3, -0.25) is 0 Å². The van der Waals surface area contributed by atoms with E-state index in [1.807, 2.05) is 5.38 Å². The molecule has 0 bridgehead atoms. The second-order valence-corrected chi connectivity index (χ2v) is 6.75. The van der Waals surface area contributed by atoms with Gasteiger partial charge in [0.05, 0.1) is 10.3 Å². The van der Waals surface area contributed by atoms with Crippen molar-refractivity contribution in [1.29, 1.82) is 0 Å². The quantitative estimate of drug-likeness (QED) is 0.887. The zero-order valence-electron chi connectivity index (χ0n) is 6.96. The van der Waals surface area contributed by atoms with E-state index in [2.05, 4.69) is 54.3 Å². The maximum absolute atomic E-state index is 4.25. The van der Waals surface area contributed by atoms with Crippen molar-refractivity contribution < 1.29 is 0 Å². The first-order chi connectivity index (χ1) is 6.74. The van der Waals surface area contributed by atoms with E-state index >= 15 is 0 Å². The number of halogens is 2. The van der Waals surface area contributed by atoms with Gasteiger partial charge in [-0.25, -0.2) is 4.98 Å². The Morgan fingerprint density at radius 1 is 1.36 bits per heavy atom. The number of nitrogens with zero attached hydrogens (tertiary/aromatic N) is 1. The van der Waals surface area contributed by atoms with E-state index in [0.717, 1.165) is 20.1 Å². The summed E-state index contributed by atoms with van der Waals surface area (Å²) in [5.41, 5.74) is 0. The summed E-state index contributed by atoms with van der Waals surface area (Å²) in [6.07, 6.45) is 0. The van der Waals surface area contributed by atoms with Crippen molar-refractivity contribution in [2.75, 3.05) is 5.32 Å². The highest BCUT2D eigenvalue weighted by Crippen LogP contribution is 2.24. The fourth-order valence-corrected chi connectivity index (χ4v) is 3.51. The van der Waals surface area contributed by atoms with Gasteiger partial charge < -0.3 is 5.32 Å². The maximum Gasteiger partial charge on any atom is 0.184 e. The lowest BCUT2D eigenvalue weighted by molar-refractivity contribution is 1.16. The predicted molar refractivity (Wildman–Crippen MR) is 69.2 cm³/mol. The van der Waals surface area contributed by atoms with E-state index in [9.17, 15) is 0 Å². The Morgan fingerprint density at radius 2 is 2.21 bits per heavy atom. The second kappa shape index (κ2) is 4.74.